The lowest BCUT2D eigenvalue weighted by atomic mass is 10.1. The predicted molar refractivity (Wildman–Crippen MR) is 68.7 cm³/mol. The first-order valence-electron chi connectivity index (χ1n) is 4.76. The molecular formula is C11H12Cl3NO. The van der Waals surface area contributed by atoms with E-state index in [4.69, 9.17) is 44.9 Å². The van der Waals surface area contributed by atoms with E-state index in [1.807, 2.05) is 37.3 Å². The van der Waals surface area contributed by atoms with E-state index in [9.17, 15) is 0 Å². The number of halogens is 3. The summed E-state index contributed by atoms with van der Waals surface area (Å²) in [4.78, 5) is 0. The van der Waals surface area contributed by atoms with Crippen molar-refractivity contribution in [3.05, 3.63) is 35.9 Å². The number of ether oxygens (including phenoxy) is 1. The molecule has 0 bridgehead atoms. The molecule has 1 unspecified atom stereocenters. The molecule has 5 heteroatoms. The van der Waals surface area contributed by atoms with E-state index in [2.05, 4.69) is 0 Å². The van der Waals surface area contributed by atoms with Crippen molar-refractivity contribution in [2.24, 2.45) is 0 Å². The maximum atomic E-state index is 7.42. The number of hydrogen-bond donors (Lipinski definition) is 1. The Morgan fingerprint density at radius 1 is 1.31 bits per heavy atom. The first-order chi connectivity index (χ1) is 7.39. The van der Waals surface area contributed by atoms with Gasteiger partial charge >= 0.3 is 0 Å². The second-order valence-corrected chi connectivity index (χ2v) is 5.73. The monoisotopic (exact) mass is 279 g/mol. The lowest BCUT2D eigenvalue weighted by Crippen LogP contribution is -2.26. The second kappa shape index (κ2) is 5.76. The van der Waals surface area contributed by atoms with Crippen molar-refractivity contribution < 1.29 is 4.74 Å². The number of alkyl halides is 3. The van der Waals surface area contributed by atoms with E-state index in [0.717, 1.165) is 5.56 Å². The molecule has 0 heterocycles. The van der Waals surface area contributed by atoms with Gasteiger partial charge in [-0.2, -0.15) is 0 Å². The molecule has 0 fully saturated rings. The van der Waals surface area contributed by atoms with Crippen LogP contribution in [0.15, 0.2) is 30.3 Å². The van der Waals surface area contributed by atoms with Crippen LogP contribution in [0.4, 0.5) is 0 Å². The minimum Gasteiger partial charge on any atom is -0.475 e. The van der Waals surface area contributed by atoms with Crippen LogP contribution in [0.3, 0.4) is 0 Å². The van der Waals surface area contributed by atoms with Crippen LogP contribution >= 0.6 is 34.8 Å². The summed E-state index contributed by atoms with van der Waals surface area (Å²) in [7, 11) is 0. The Labute approximate surface area is 110 Å². The van der Waals surface area contributed by atoms with Gasteiger partial charge in [-0.05, 0) is 12.5 Å². The number of nitrogens with one attached hydrogen (secondary N) is 1. The summed E-state index contributed by atoms with van der Waals surface area (Å²) in [5.41, 5.74) is 1.12. The molecule has 0 amide bonds. The molecule has 1 rings (SSSR count). The van der Waals surface area contributed by atoms with Crippen LogP contribution in [-0.4, -0.2) is 15.8 Å². The van der Waals surface area contributed by atoms with Gasteiger partial charge in [-0.1, -0.05) is 65.1 Å². The van der Waals surface area contributed by atoms with Crippen molar-refractivity contribution in [1.29, 1.82) is 5.41 Å². The zero-order valence-corrected chi connectivity index (χ0v) is 11.0. The molecule has 16 heavy (non-hydrogen) atoms. The molecule has 2 nitrogen and oxygen atoms in total. The highest BCUT2D eigenvalue weighted by Crippen LogP contribution is 2.28. The molecule has 1 atom stereocenters. The van der Waals surface area contributed by atoms with Crippen LogP contribution in [0.2, 0.25) is 0 Å². The molecule has 0 aliphatic carbocycles. The van der Waals surface area contributed by atoms with Crippen LogP contribution in [-0.2, 0) is 11.2 Å². The van der Waals surface area contributed by atoms with Crippen LogP contribution in [0, 0.1) is 5.41 Å². The average Bonchev–Trinajstić information content (AvgIpc) is 2.17. The predicted octanol–water partition coefficient (Wildman–Crippen LogP) is 3.98. The van der Waals surface area contributed by atoms with E-state index in [-0.39, 0.29) is 12.0 Å². The molecule has 0 aromatic heterocycles. The highest BCUT2D eigenvalue weighted by molar-refractivity contribution is 6.76. The Kier molecular flexibility index (Phi) is 4.90. The fraction of sp³-hybridized carbons (Fsp3) is 0.364. The molecule has 0 radical (unpaired) electrons. The van der Waals surface area contributed by atoms with Crippen molar-refractivity contribution in [2.75, 3.05) is 0 Å². The van der Waals surface area contributed by atoms with Crippen molar-refractivity contribution in [3.63, 3.8) is 0 Å². The van der Waals surface area contributed by atoms with Crippen molar-refractivity contribution in [2.45, 2.75) is 23.2 Å². The standard InChI is InChI=1S/C11H12Cl3NO/c1-8(16-10(15)11(12,13)14)7-9-5-3-2-4-6-9/h2-6,8,15H,7H2,1H3. The quantitative estimate of drug-likeness (QED) is 0.507. The second-order valence-electron chi connectivity index (χ2n) is 3.45. The van der Waals surface area contributed by atoms with Gasteiger partial charge in [0.25, 0.3) is 3.79 Å². The van der Waals surface area contributed by atoms with E-state index < -0.39 is 3.79 Å². The van der Waals surface area contributed by atoms with Crippen LogP contribution in [0.5, 0.6) is 0 Å². The zero-order chi connectivity index (χ0) is 12.2. The summed E-state index contributed by atoms with van der Waals surface area (Å²) in [6.07, 6.45) is 0.467. The van der Waals surface area contributed by atoms with Crippen molar-refractivity contribution in [1.82, 2.24) is 0 Å². The largest absolute Gasteiger partial charge is 0.475 e. The van der Waals surface area contributed by atoms with Gasteiger partial charge in [0.2, 0.25) is 5.90 Å². The van der Waals surface area contributed by atoms with E-state index in [1.54, 1.807) is 0 Å². The highest BCUT2D eigenvalue weighted by atomic mass is 35.6. The van der Waals surface area contributed by atoms with Gasteiger partial charge in [0.15, 0.2) is 0 Å². The summed E-state index contributed by atoms with van der Waals surface area (Å²) in [6.45, 7) is 1.83. The molecule has 0 aliphatic rings. The zero-order valence-electron chi connectivity index (χ0n) is 8.71. The SMILES string of the molecule is CC(Cc1ccccc1)OC(=N)C(Cl)(Cl)Cl. The normalized spacial score (nSPS) is 13.2. The molecule has 88 valence electrons. The summed E-state index contributed by atoms with van der Waals surface area (Å²) < 4.78 is 3.42. The Morgan fingerprint density at radius 3 is 2.38 bits per heavy atom. The first-order valence-corrected chi connectivity index (χ1v) is 5.89. The number of hydrogen-bond acceptors (Lipinski definition) is 2. The molecule has 1 aromatic rings. The van der Waals surface area contributed by atoms with Crippen molar-refractivity contribution >= 4 is 40.7 Å². The number of benzene rings is 1. The Bertz CT molecular complexity index is 348. The van der Waals surface area contributed by atoms with Gasteiger partial charge in [0.1, 0.15) is 6.10 Å². The first kappa shape index (κ1) is 13.6. The molecule has 1 N–H and O–H groups in total. The van der Waals surface area contributed by atoms with Gasteiger partial charge in [-0.25, -0.2) is 0 Å². The maximum Gasteiger partial charge on any atom is 0.265 e. The smallest absolute Gasteiger partial charge is 0.265 e. The Balaban J connectivity index is 2.49. The lowest BCUT2D eigenvalue weighted by Gasteiger charge is -2.19. The molecule has 0 saturated carbocycles. The Hall–Kier alpha value is -0.440. The molecule has 1 aromatic carbocycles. The fourth-order valence-electron chi connectivity index (χ4n) is 1.26. The summed E-state index contributed by atoms with van der Waals surface area (Å²) in [5.74, 6) is -0.346. The number of rotatable bonds is 3. The fourth-order valence-corrected chi connectivity index (χ4v) is 1.39. The van der Waals surface area contributed by atoms with E-state index >= 15 is 0 Å². The van der Waals surface area contributed by atoms with Crippen LogP contribution in [0.25, 0.3) is 0 Å². The minimum atomic E-state index is -1.79. The minimum absolute atomic E-state index is 0.203. The summed E-state index contributed by atoms with van der Waals surface area (Å²) in [5, 5.41) is 7.42. The van der Waals surface area contributed by atoms with Gasteiger partial charge in [-0.3, -0.25) is 5.41 Å². The molecule has 0 aliphatic heterocycles. The highest BCUT2D eigenvalue weighted by Gasteiger charge is 2.29. The van der Waals surface area contributed by atoms with E-state index in [1.165, 1.54) is 0 Å². The average molecular weight is 281 g/mol. The third kappa shape index (κ3) is 4.60. The molecular weight excluding hydrogens is 268 g/mol. The molecule has 0 saturated heterocycles. The van der Waals surface area contributed by atoms with Crippen LogP contribution in [0.1, 0.15) is 12.5 Å². The van der Waals surface area contributed by atoms with Crippen LogP contribution < -0.4 is 0 Å². The van der Waals surface area contributed by atoms with Crippen molar-refractivity contribution in [3.8, 4) is 0 Å². The topological polar surface area (TPSA) is 33.1 Å². The van der Waals surface area contributed by atoms with E-state index in [0.29, 0.717) is 6.42 Å². The van der Waals surface area contributed by atoms with Gasteiger partial charge < -0.3 is 4.74 Å². The van der Waals surface area contributed by atoms with Gasteiger partial charge in [-0.15, -0.1) is 0 Å². The third-order valence-corrected chi connectivity index (χ3v) is 2.46. The van der Waals surface area contributed by atoms with Gasteiger partial charge in [0, 0.05) is 6.42 Å². The Morgan fingerprint density at radius 2 is 1.88 bits per heavy atom. The van der Waals surface area contributed by atoms with Gasteiger partial charge in [0.05, 0.1) is 0 Å². The lowest BCUT2D eigenvalue weighted by molar-refractivity contribution is 0.202. The molecule has 0 spiro atoms. The summed E-state index contributed by atoms with van der Waals surface area (Å²) in [6, 6.07) is 9.81. The summed E-state index contributed by atoms with van der Waals surface area (Å²) >= 11 is 16.5. The maximum absolute atomic E-state index is 7.42. The third-order valence-electron chi connectivity index (χ3n) is 1.94.